The molecule has 13 nitrogen and oxygen atoms in total. The second-order valence-electron chi connectivity index (χ2n) is 20.7. The van der Waals surface area contributed by atoms with Gasteiger partial charge in [-0.15, -0.1) is 0 Å². The fourth-order valence-corrected chi connectivity index (χ4v) is 11.1. The van der Waals surface area contributed by atoms with Crippen LogP contribution < -0.4 is 16.0 Å². The van der Waals surface area contributed by atoms with Gasteiger partial charge < -0.3 is 15.7 Å². The molecule has 4 N–H and O–H groups in total. The minimum atomic E-state index is -1.02. The molecule has 4 aliphatic rings. The summed E-state index contributed by atoms with van der Waals surface area (Å²) >= 11 is 0. The van der Waals surface area contributed by atoms with Crippen LogP contribution in [0, 0.1) is 11.8 Å². The Bertz CT molecular complexity index is 1330. The molecule has 3 heterocycles. The van der Waals surface area contributed by atoms with E-state index >= 15 is 0 Å². The van der Waals surface area contributed by atoms with Crippen molar-refractivity contribution in [3.8, 4) is 0 Å². The van der Waals surface area contributed by atoms with E-state index < -0.39 is 11.9 Å². The van der Waals surface area contributed by atoms with Gasteiger partial charge in [0.1, 0.15) is 0 Å². The lowest BCUT2D eigenvalue weighted by molar-refractivity contribution is -0.314. The maximum absolute atomic E-state index is 12.5. The highest BCUT2D eigenvalue weighted by atomic mass is 16.7. The topological polar surface area (TPSA) is 154 Å². The molecular formula is C45H80N8O5. The first-order valence-electron chi connectivity index (χ1n) is 23.1. The van der Waals surface area contributed by atoms with Gasteiger partial charge in [0.25, 0.3) is 0 Å². The standard InChI is InChI=1S/C45H80N8O5/c1-42(2)29-33(30-43(3,4)52(42)57-35-21-11-9-12-22-35)19-15-17-27-46-39-49-40(51-41(50-39)48-37(54)25-26-38(55)56)47-28-18-16-20-34-31-44(5,6)53(45(7,8)32-34)58-36-23-13-10-14-24-36/h33-36H,9-32H2,1-8H3,(H,55,56)(H3,46,47,48,49,50,51,54). The van der Waals surface area contributed by atoms with Crippen molar-refractivity contribution in [1.82, 2.24) is 25.1 Å². The Labute approximate surface area is 350 Å². The van der Waals surface area contributed by atoms with Crippen molar-refractivity contribution in [2.75, 3.05) is 29.0 Å². The van der Waals surface area contributed by atoms with Crippen LogP contribution in [0.1, 0.15) is 197 Å². The molecule has 0 atom stereocenters. The molecule has 2 saturated heterocycles. The Hall–Kier alpha value is -2.61. The second kappa shape index (κ2) is 20.8. The molecule has 0 radical (unpaired) electrons. The van der Waals surface area contributed by atoms with E-state index in [4.69, 9.17) is 14.8 Å². The van der Waals surface area contributed by atoms with Gasteiger partial charge in [-0.3, -0.25) is 24.6 Å². The summed E-state index contributed by atoms with van der Waals surface area (Å²) in [4.78, 5) is 50.6. The minimum absolute atomic E-state index is 0.0173. The van der Waals surface area contributed by atoms with Gasteiger partial charge in [0.2, 0.25) is 23.8 Å². The lowest BCUT2D eigenvalue weighted by Crippen LogP contribution is -2.61. The van der Waals surface area contributed by atoms with Crippen molar-refractivity contribution in [1.29, 1.82) is 0 Å². The summed E-state index contributed by atoms with van der Waals surface area (Å²) in [5.41, 5.74) is -0.0691. The van der Waals surface area contributed by atoms with Crippen LogP contribution in [0.25, 0.3) is 0 Å². The molecule has 1 aromatic heterocycles. The lowest BCUT2D eigenvalue weighted by atomic mass is 9.73. The molecule has 0 bridgehead atoms. The number of hydroxylamine groups is 4. The van der Waals surface area contributed by atoms with E-state index in [0.29, 0.717) is 49.0 Å². The predicted molar refractivity (Wildman–Crippen MR) is 231 cm³/mol. The van der Waals surface area contributed by atoms with Crippen molar-refractivity contribution in [3.05, 3.63) is 0 Å². The molecule has 330 valence electrons. The first kappa shape index (κ1) is 46.5. The number of nitrogens with zero attached hydrogens (tertiary/aromatic N) is 5. The summed E-state index contributed by atoms with van der Waals surface area (Å²) < 4.78 is 0. The zero-order valence-electron chi connectivity index (χ0n) is 37.6. The smallest absolute Gasteiger partial charge is 0.303 e. The maximum atomic E-state index is 12.5. The number of anilines is 3. The zero-order chi connectivity index (χ0) is 42.0. The number of carbonyl (C=O) groups is 2. The number of carboxylic acid groups (broad SMARTS) is 1. The fraction of sp³-hybridized carbons (Fsp3) is 0.889. The Morgan fingerprint density at radius 1 is 0.586 bits per heavy atom. The van der Waals surface area contributed by atoms with Crippen LogP contribution >= 0.6 is 0 Å². The minimum Gasteiger partial charge on any atom is -0.481 e. The van der Waals surface area contributed by atoms with E-state index in [2.05, 4.69) is 96.4 Å². The Morgan fingerprint density at radius 2 is 0.966 bits per heavy atom. The van der Waals surface area contributed by atoms with Crippen molar-refractivity contribution < 1.29 is 24.4 Å². The van der Waals surface area contributed by atoms with Crippen LogP contribution in [0.4, 0.5) is 17.8 Å². The van der Waals surface area contributed by atoms with Gasteiger partial charge in [-0.05, 0) is 131 Å². The second-order valence-corrected chi connectivity index (χ2v) is 20.7. The SMILES string of the molecule is CC1(C)CC(CCCCNc2nc(NCCCCC3CC(C)(C)N(OC4CCCCC4)C(C)(C)C3)nc(NC(=O)CCC(=O)O)n2)CC(C)(C)N1OC1CCCCC1. The van der Waals surface area contributed by atoms with Gasteiger partial charge in [0, 0.05) is 41.7 Å². The number of aliphatic carboxylic acids is 1. The van der Waals surface area contributed by atoms with E-state index in [1.54, 1.807) is 0 Å². The van der Waals surface area contributed by atoms with Crippen LogP contribution in [0.15, 0.2) is 0 Å². The molecular weight excluding hydrogens is 733 g/mol. The number of unbranched alkanes of at least 4 members (excludes halogenated alkanes) is 2. The number of hydrogen-bond donors (Lipinski definition) is 4. The third-order valence-corrected chi connectivity index (χ3v) is 13.1. The Balaban J connectivity index is 1.08. The van der Waals surface area contributed by atoms with Crippen LogP contribution in [-0.4, -0.2) is 89.5 Å². The monoisotopic (exact) mass is 813 g/mol. The van der Waals surface area contributed by atoms with Crippen LogP contribution in [0.3, 0.4) is 0 Å². The van der Waals surface area contributed by atoms with Gasteiger partial charge in [0.05, 0.1) is 18.6 Å². The number of hydrogen-bond acceptors (Lipinski definition) is 11. The molecule has 2 saturated carbocycles. The molecule has 1 amide bonds. The molecule has 2 aliphatic carbocycles. The Morgan fingerprint density at radius 3 is 1.34 bits per heavy atom. The van der Waals surface area contributed by atoms with E-state index in [1.807, 2.05) is 0 Å². The number of nitrogens with one attached hydrogen (secondary N) is 3. The number of carbonyl (C=O) groups excluding carboxylic acids is 1. The van der Waals surface area contributed by atoms with Gasteiger partial charge in [-0.25, -0.2) is 0 Å². The molecule has 13 heteroatoms. The highest BCUT2D eigenvalue weighted by molar-refractivity contribution is 5.91. The molecule has 2 aliphatic heterocycles. The average Bonchev–Trinajstić information content (AvgIpc) is 3.14. The molecule has 4 fully saturated rings. The van der Waals surface area contributed by atoms with Gasteiger partial charge in [-0.1, -0.05) is 64.2 Å². The quantitative estimate of drug-likeness (QED) is 0.0927. The van der Waals surface area contributed by atoms with Crippen molar-refractivity contribution in [2.24, 2.45) is 11.8 Å². The highest BCUT2D eigenvalue weighted by Crippen LogP contribution is 2.46. The summed E-state index contributed by atoms with van der Waals surface area (Å²) in [5.74, 6) is 0.708. The molecule has 0 spiro atoms. The third kappa shape index (κ3) is 14.0. The molecule has 5 rings (SSSR count). The number of rotatable bonds is 20. The van der Waals surface area contributed by atoms with Crippen LogP contribution in [-0.2, 0) is 19.3 Å². The number of carboxylic acids is 1. The third-order valence-electron chi connectivity index (χ3n) is 13.1. The summed E-state index contributed by atoms with van der Waals surface area (Å²) in [6.45, 7) is 20.1. The number of aromatic nitrogens is 3. The van der Waals surface area contributed by atoms with Gasteiger partial charge in [-0.2, -0.15) is 25.1 Å². The first-order valence-corrected chi connectivity index (χ1v) is 23.1. The van der Waals surface area contributed by atoms with Crippen LogP contribution in [0.5, 0.6) is 0 Å². The fourth-order valence-electron chi connectivity index (χ4n) is 11.1. The Kier molecular flexibility index (Phi) is 16.6. The van der Waals surface area contributed by atoms with E-state index in [-0.39, 0.29) is 40.9 Å². The first-order chi connectivity index (χ1) is 27.4. The lowest BCUT2D eigenvalue weighted by Gasteiger charge is -2.55. The van der Waals surface area contributed by atoms with E-state index in [9.17, 15) is 9.59 Å². The van der Waals surface area contributed by atoms with Crippen LogP contribution in [0.2, 0.25) is 0 Å². The summed E-state index contributed by atoms with van der Waals surface area (Å²) in [7, 11) is 0. The van der Waals surface area contributed by atoms with Crippen molar-refractivity contribution in [2.45, 2.75) is 231 Å². The number of amides is 1. The number of piperidine rings is 2. The van der Waals surface area contributed by atoms with E-state index in [1.165, 1.54) is 64.2 Å². The molecule has 58 heavy (non-hydrogen) atoms. The molecule has 0 aromatic carbocycles. The zero-order valence-corrected chi connectivity index (χ0v) is 37.6. The largest absolute Gasteiger partial charge is 0.481 e. The summed E-state index contributed by atoms with van der Waals surface area (Å²) in [6, 6.07) is 0. The summed E-state index contributed by atoms with van der Waals surface area (Å²) in [6.07, 6.45) is 23.6. The normalized spacial score (nSPS) is 23.4. The van der Waals surface area contributed by atoms with Crippen molar-refractivity contribution in [3.63, 3.8) is 0 Å². The van der Waals surface area contributed by atoms with Gasteiger partial charge in [0.15, 0.2) is 0 Å². The molecule has 0 unspecified atom stereocenters. The maximum Gasteiger partial charge on any atom is 0.303 e. The summed E-state index contributed by atoms with van der Waals surface area (Å²) in [5, 5.41) is 23.2. The predicted octanol–water partition coefficient (Wildman–Crippen LogP) is 9.91. The van der Waals surface area contributed by atoms with E-state index in [0.717, 1.165) is 64.2 Å². The average molecular weight is 813 g/mol. The molecule has 1 aromatic rings. The van der Waals surface area contributed by atoms with Gasteiger partial charge >= 0.3 is 5.97 Å². The highest BCUT2D eigenvalue weighted by Gasteiger charge is 2.48. The van der Waals surface area contributed by atoms with Crippen molar-refractivity contribution >= 4 is 29.7 Å².